The lowest BCUT2D eigenvalue weighted by Gasteiger charge is -2.15. The molecule has 4 heteroatoms. The van der Waals surface area contributed by atoms with Gasteiger partial charge in [0.25, 0.3) is 0 Å². The van der Waals surface area contributed by atoms with Crippen LogP contribution < -0.4 is 0 Å². The van der Waals surface area contributed by atoms with Crippen molar-refractivity contribution in [3.05, 3.63) is 11.1 Å². The molecule has 0 aliphatic carbocycles. The first-order valence-electron chi connectivity index (χ1n) is 4.04. The van der Waals surface area contributed by atoms with E-state index in [1.807, 2.05) is 18.7 Å². The standard InChI is InChI=1S/C8H17NO2S/c1-5-9(6-2)7-8(3)12(4,10)11/h7H,5-6H2,1-4H3/b8-7+. The Kier molecular flexibility index (Phi) is 4.31. The Morgan fingerprint density at radius 1 is 1.33 bits per heavy atom. The molecule has 72 valence electrons. The van der Waals surface area contributed by atoms with Crippen molar-refractivity contribution >= 4 is 9.84 Å². The van der Waals surface area contributed by atoms with E-state index in [2.05, 4.69) is 0 Å². The monoisotopic (exact) mass is 191 g/mol. The molecule has 0 spiro atoms. The molecule has 0 N–H and O–H groups in total. The first-order valence-corrected chi connectivity index (χ1v) is 5.93. The van der Waals surface area contributed by atoms with Crippen LogP contribution in [0.1, 0.15) is 20.8 Å². The largest absolute Gasteiger partial charge is 0.377 e. The first-order chi connectivity index (χ1) is 5.41. The van der Waals surface area contributed by atoms with Gasteiger partial charge in [-0.3, -0.25) is 0 Å². The normalized spacial score (nSPS) is 13.2. The molecule has 0 fully saturated rings. The van der Waals surface area contributed by atoms with E-state index in [0.717, 1.165) is 13.1 Å². The molecule has 0 saturated heterocycles. The third-order valence-electron chi connectivity index (χ3n) is 1.76. The van der Waals surface area contributed by atoms with Gasteiger partial charge in [0.2, 0.25) is 0 Å². The van der Waals surface area contributed by atoms with Crippen molar-refractivity contribution in [1.29, 1.82) is 0 Å². The van der Waals surface area contributed by atoms with E-state index >= 15 is 0 Å². The second-order valence-corrected chi connectivity index (χ2v) is 4.92. The van der Waals surface area contributed by atoms with E-state index < -0.39 is 9.84 Å². The minimum absolute atomic E-state index is 0.422. The predicted octanol–water partition coefficient (Wildman–Crippen LogP) is 1.23. The summed E-state index contributed by atoms with van der Waals surface area (Å²) >= 11 is 0. The Labute approximate surface area is 75.0 Å². The molecule has 0 rings (SSSR count). The summed E-state index contributed by atoms with van der Waals surface area (Å²) in [5.74, 6) is 0. The number of rotatable bonds is 4. The number of hydrogen-bond donors (Lipinski definition) is 0. The van der Waals surface area contributed by atoms with Crippen molar-refractivity contribution in [2.45, 2.75) is 20.8 Å². The smallest absolute Gasteiger partial charge is 0.172 e. The maximum Gasteiger partial charge on any atom is 0.172 e. The van der Waals surface area contributed by atoms with Gasteiger partial charge < -0.3 is 4.90 Å². The van der Waals surface area contributed by atoms with E-state index in [9.17, 15) is 8.42 Å². The molecule has 0 bridgehead atoms. The summed E-state index contributed by atoms with van der Waals surface area (Å²) in [4.78, 5) is 2.38. The second-order valence-electron chi connectivity index (χ2n) is 2.73. The Balaban J connectivity index is 4.55. The molecule has 0 aromatic carbocycles. The van der Waals surface area contributed by atoms with Crippen molar-refractivity contribution in [3.63, 3.8) is 0 Å². The highest BCUT2D eigenvalue weighted by molar-refractivity contribution is 7.94. The van der Waals surface area contributed by atoms with Crippen LogP contribution >= 0.6 is 0 Å². The van der Waals surface area contributed by atoms with Crippen LogP contribution in [0.25, 0.3) is 0 Å². The maximum atomic E-state index is 11.0. The lowest BCUT2D eigenvalue weighted by molar-refractivity contribution is 0.417. The molecule has 0 unspecified atom stereocenters. The van der Waals surface area contributed by atoms with Crippen molar-refractivity contribution in [3.8, 4) is 0 Å². The fourth-order valence-electron chi connectivity index (χ4n) is 0.759. The summed E-state index contributed by atoms with van der Waals surface area (Å²) in [5.41, 5.74) is 0. The van der Waals surface area contributed by atoms with Gasteiger partial charge in [-0.05, 0) is 20.8 Å². The Hall–Kier alpha value is -0.510. The van der Waals surface area contributed by atoms with Gasteiger partial charge in [0.05, 0.1) is 4.91 Å². The van der Waals surface area contributed by atoms with E-state index in [0.29, 0.717) is 4.91 Å². The lowest BCUT2D eigenvalue weighted by Crippen LogP contribution is -2.17. The Morgan fingerprint density at radius 3 is 2.00 bits per heavy atom. The maximum absolute atomic E-state index is 11.0. The van der Waals surface area contributed by atoms with Crippen LogP contribution in [-0.4, -0.2) is 32.7 Å². The van der Waals surface area contributed by atoms with Crippen LogP contribution in [-0.2, 0) is 9.84 Å². The quantitative estimate of drug-likeness (QED) is 0.671. The highest BCUT2D eigenvalue weighted by Crippen LogP contribution is 2.04. The molecule has 0 radical (unpaired) electrons. The molecule has 0 aromatic heterocycles. The number of allylic oxidation sites excluding steroid dienone is 1. The molecule has 0 aliphatic rings. The predicted molar refractivity (Wildman–Crippen MR) is 51.5 cm³/mol. The van der Waals surface area contributed by atoms with Crippen LogP contribution in [0.5, 0.6) is 0 Å². The van der Waals surface area contributed by atoms with E-state index in [4.69, 9.17) is 0 Å². The van der Waals surface area contributed by atoms with Gasteiger partial charge in [0, 0.05) is 25.5 Å². The molecule has 0 amide bonds. The van der Waals surface area contributed by atoms with Crippen LogP contribution in [0.2, 0.25) is 0 Å². The van der Waals surface area contributed by atoms with E-state index in [1.165, 1.54) is 6.26 Å². The molecular formula is C8H17NO2S. The van der Waals surface area contributed by atoms with Crippen LogP contribution in [0.4, 0.5) is 0 Å². The minimum atomic E-state index is -3.00. The van der Waals surface area contributed by atoms with Gasteiger partial charge in [0.15, 0.2) is 9.84 Å². The van der Waals surface area contributed by atoms with Gasteiger partial charge in [0.1, 0.15) is 0 Å². The summed E-state index contributed by atoms with van der Waals surface area (Å²) in [6, 6.07) is 0. The summed E-state index contributed by atoms with van der Waals surface area (Å²) < 4.78 is 22.0. The van der Waals surface area contributed by atoms with Crippen molar-refractivity contribution in [1.82, 2.24) is 4.90 Å². The van der Waals surface area contributed by atoms with Crippen molar-refractivity contribution in [2.75, 3.05) is 19.3 Å². The third kappa shape index (κ3) is 3.76. The van der Waals surface area contributed by atoms with Crippen molar-refractivity contribution < 1.29 is 8.42 Å². The minimum Gasteiger partial charge on any atom is -0.377 e. The highest BCUT2D eigenvalue weighted by Gasteiger charge is 2.05. The zero-order chi connectivity index (χ0) is 9.78. The van der Waals surface area contributed by atoms with Gasteiger partial charge in [-0.2, -0.15) is 0 Å². The lowest BCUT2D eigenvalue weighted by atomic mass is 10.5. The highest BCUT2D eigenvalue weighted by atomic mass is 32.2. The Bertz CT molecular complexity index is 250. The molecule has 0 saturated carbocycles. The first kappa shape index (κ1) is 11.5. The van der Waals surface area contributed by atoms with Crippen molar-refractivity contribution in [2.24, 2.45) is 0 Å². The molecule has 0 heterocycles. The summed E-state index contributed by atoms with van der Waals surface area (Å²) in [7, 11) is -3.00. The zero-order valence-corrected chi connectivity index (χ0v) is 8.98. The van der Waals surface area contributed by atoms with Gasteiger partial charge >= 0.3 is 0 Å². The average molecular weight is 191 g/mol. The van der Waals surface area contributed by atoms with E-state index in [1.54, 1.807) is 13.1 Å². The summed E-state index contributed by atoms with van der Waals surface area (Å²) in [6.07, 6.45) is 2.91. The molecule has 12 heavy (non-hydrogen) atoms. The molecular weight excluding hydrogens is 174 g/mol. The van der Waals surface area contributed by atoms with Crippen LogP contribution in [0.3, 0.4) is 0 Å². The molecule has 0 aliphatic heterocycles. The van der Waals surface area contributed by atoms with Gasteiger partial charge in [-0.15, -0.1) is 0 Å². The number of hydrogen-bond acceptors (Lipinski definition) is 3. The third-order valence-corrected chi connectivity index (χ3v) is 3.04. The fraction of sp³-hybridized carbons (Fsp3) is 0.750. The summed E-state index contributed by atoms with van der Waals surface area (Å²) in [5, 5.41) is 0. The van der Waals surface area contributed by atoms with Crippen LogP contribution in [0, 0.1) is 0 Å². The van der Waals surface area contributed by atoms with Crippen LogP contribution in [0.15, 0.2) is 11.1 Å². The van der Waals surface area contributed by atoms with Gasteiger partial charge in [-0.25, -0.2) is 8.42 Å². The SMILES string of the molecule is CCN(/C=C(\C)S(C)(=O)=O)CC. The second kappa shape index (κ2) is 4.50. The number of nitrogens with zero attached hydrogens (tertiary/aromatic N) is 1. The van der Waals surface area contributed by atoms with Gasteiger partial charge in [-0.1, -0.05) is 0 Å². The zero-order valence-electron chi connectivity index (χ0n) is 8.16. The molecule has 0 aromatic rings. The summed E-state index contributed by atoms with van der Waals surface area (Å²) in [6.45, 7) is 7.28. The molecule has 0 atom stereocenters. The van der Waals surface area contributed by atoms with E-state index in [-0.39, 0.29) is 0 Å². The topological polar surface area (TPSA) is 37.4 Å². The average Bonchev–Trinajstić information content (AvgIpc) is 1.97. The fourth-order valence-corrected chi connectivity index (χ4v) is 1.10. The number of sulfone groups is 1. The Morgan fingerprint density at radius 2 is 1.75 bits per heavy atom. The molecule has 3 nitrogen and oxygen atoms in total.